The van der Waals surface area contributed by atoms with Gasteiger partial charge >= 0.3 is 27.7 Å². The van der Waals surface area contributed by atoms with Crippen LogP contribution in [0, 0.1) is 0 Å². The molecule has 1 aromatic rings. The number of halogens is 2. The predicted molar refractivity (Wildman–Crippen MR) is 44.4 cm³/mol. The van der Waals surface area contributed by atoms with Crippen LogP contribution in [0.25, 0.3) is 0 Å². The Kier molecular flexibility index (Phi) is 5.18. The molecule has 0 spiro atoms. The smallest absolute Gasteiger partial charge is 0.744 e. The molecule has 0 atom stereocenters. The molecule has 0 aromatic heterocycles. The van der Waals surface area contributed by atoms with Gasteiger partial charge in [0.2, 0.25) is 0 Å². The summed E-state index contributed by atoms with van der Waals surface area (Å²) in [5.74, 6) is 0. The van der Waals surface area contributed by atoms with Crippen LogP contribution in [0.4, 0.5) is 0 Å². The summed E-state index contributed by atoms with van der Waals surface area (Å²) in [5.41, 5.74) is 0. The van der Waals surface area contributed by atoms with Crippen LogP contribution >= 0.6 is 23.2 Å². The molecule has 7 heteroatoms. The second-order valence-corrected chi connectivity index (χ2v) is 4.22. The minimum Gasteiger partial charge on any atom is -0.744 e. The first-order chi connectivity index (χ1) is 5.41. The molecule has 0 aliphatic rings. The molecule has 1 radical (unpaired) electrons. The number of hydrogen-bond acceptors (Lipinski definition) is 3. The van der Waals surface area contributed by atoms with Crippen molar-refractivity contribution in [2.75, 3.05) is 0 Å². The number of hydrogen-bond donors (Lipinski definition) is 0. The molecule has 13 heavy (non-hydrogen) atoms. The summed E-state index contributed by atoms with van der Waals surface area (Å²) in [6.07, 6.45) is 0. The maximum absolute atomic E-state index is 10.5. The molecule has 1 aromatic carbocycles. The molecule has 0 fully saturated rings. The maximum Gasteiger partial charge on any atom is 1.00 e. The summed E-state index contributed by atoms with van der Waals surface area (Å²) in [5, 5.41) is 0.130. The van der Waals surface area contributed by atoms with Gasteiger partial charge in [0.05, 0.1) is 9.92 Å². The number of benzene rings is 1. The van der Waals surface area contributed by atoms with E-state index in [4.69, 9.17) is 23.2 Å². The van der Waals surface area contributed by atoms with Crippen molar-refractivity contribution < 1.29 is 40.6 Å². The molecule has 0 amide bonds. The van der Waals surface area contributed by atoms with Crippen molar-refractivity contribution in [3.05, 3.63) is 28.2 Å². The molecule has 0 N–H and O–H groups in total. The Morgan fingerprint density at radius 2 is 1.77 bits per heavy atom. The minimum atomic E-state index is -4.49. The third kappa shape index (κ3) is 3.71. The average molecular weight is 427 g/mol. The topological polar surface area (TPSA) is 57.2 Å². The Morgan fingerprint density at radius 3 is 2.15 bits per heavy atom. The van der Waals surface area contributed by atoms with E-state index in [2.05, 4.69) is 0 Å². The predicted octanol–water partition coefficient (Wildman–Crippen LogP) is 1.90. The van der Waals surface area contributed by atoms with E-state index in [9.17, 15) is 13.0 Å². The summed E-state index contributed by atoms with van der Waals surface area (Å²) < 4.78 is 31.4. The van der Waals surface area contributed by atoms with E-state index in [1.54, 1.807) is 0 Å². The van der Waals surface area contributed by atoms with Crippen LogP contribution in [0.15, 0.2) is 23.1 Å². The van der Waals surface area contributed by atoms with Gasteiger partial charge < -0.3 is 4.55 Å². The van der Waals surface area contributed by atoms with Gasteiger partial charge in [0.25, 0.3) is 0 Å². The molecule has 0 bridgehead atoms. The Morgan fingerprint density at radius 1 is 1.23 bits per heavy atom. The Bertz CT molecular complexity index is 404. The molecule has 0 aliphatic heterocycles. The van der Waals surface area contributed by atoms with Crippen LogP contribution in [0.5, 0.6) is 0 Å². The Balaban J connectivity index is 0.00000144. The van der Waals surface area contributed by atoms with Gasteiger partial charge in [-0.1, -0.05) is 23.2 Å². The fourth-order valence-electron chi connectivity index (χ4n) is 0.678. The largest absolute Gasteiger partial charge is 1.00 e. The van der Waals surface area contributed by atoms with E-state index in [1.165, 1.54) is 12.1 Å². The summed E-state index contributed by atoms with van der Waals surface area (Å²) in [4.78, 5) is -0.450. The molecular weight excluding hydrogens is 424 g/mol. The van der Waals surface area contributed by atoms with Crippen LogP contribution < -0.4 is 0 Å². The van der Waals surface area contributed by atoms with Gasteiger partial charge in [0, 0.05) is 5.02 Å². The zero-order valence-electron chi connectivity index (χ0n) is 6.33. The SMILES string of the molecule is O=S(=O)([O-])c1ccc(Cl)cc1Cl.[Hg+]. The van der Waals surface area contributed by atoms with Crippen molar-refractivity contribution in [2.24, 2.45) is 0 Å². The monoisotopic (exact) mass is 427 g/mol. The molecule has 67 valence electrons. The van der Waals surface area contributed by atoms with Gasteiger partial charge in [0.1, 0.15) is 10.1 Å². The molecule has 0 saturated carbocycles. The third-order valence-electron chi connectivity index (χ3n) is 1.16. The van der Waals surface area contributed by atoms with Crippen LogP contribution in [0.2, 0.25) is 10.0 Å². The Hall–Kier alpha value is 0.645. The first-order valence-electron chi connectivity index (χ1n) is 2.82. The normalized spacial score (nSPS) is 10.7. The van der Waals surface area contributed by atoms with Gasteiger partial charge in [-0.2, -0.15) is 0 Å². The van der Waals surface area contributed by atoms with Crippen molar-refractivity contribution in [1.29, 1.82) is 0 Å². The van der Waals surface area contributed by atoms with E-state index in [0.29, 0.717) is 0 Å². The zero-order valence-corrected chi connectivity index (χ0v) is 14.2. The summed E-state index contributed by atoms with van der Waals surface area (Å²) in [7, 11) is -4.49. The average Bonchev–Trinajstić information content (AvgIpc) is 1.83. The fourth-order valence-corrected chi connectivity index (χ4v) is 1.90. The molecule has 1 rings (SSSR count). The molecule has 0 aliphatic carbocycles. The summed E-state index contributed by atoms with van der Waals surface area (Å²) >= 11 is 10.9. The Labute approximate surface area is 106 Å². The first-order valence-corrected chi connectivity index (χ1v) is 4.98. The van der Waals surface area contributed by atoms with Gasteiger partial charge in [0.15, 0.2) is 0 Å². The zero-order chi connectivity index (χ0) is 9.35. The molecule has 0 unspecified atom stereocenters. The second-order valence-electron chi connectivity index (χ2n) is 2.03. The second kappa shape index (κ2) is 4.93. The fraction of sp³-hybridized carbons (Fsp3) is 0. The van der Waals surface area contributed by atoms with Crippen LogP contribution in [-0.2, 0) is 37.8 Å². The van der Waals surface area contributed by atoms with E-state index in [1.807, 2.05) is 0 Å². The van der Waals surface area contributed by atoms with Gasteiger partial charge in [-0.05, 0) is 18.2 Å². The summed E-state index contributed by atoms with van der Waals surface area (Å²) in [6, 6.07) is 3.57. The van der Waals surface area contributed by atoms with Crippen molar-refractivity contribution in [3.63, 3.8) is 0 Å². The molecular formula is C6H3Cl2HgO3S. The molecule has 0 heterocycles. The van der Waals surface area contributed by atoms with Gasteiger partial charge in [-0.15, -0.1) is 0 Å². The maximum atomic E-state index is 10.5. The van der Waals surface area contributed by atoms with E-state index < -0.39 is 15.0 Å². The van der Waals surface area contributed by atoms with E-state index in [0.717, 1.165) is 6.07 Å². The molecule has 0 saturated heterocycles. The van der Waals surface area contributed by atoms with Gasteiger partial charge in [-0.25, -0.2) is 8.42 Å². The first kappa shape index (κ1) is 13.6. The van der Waals surface area contributed by atoms with Gasteiger partial charge in [-0.3, -0.25) is 0 Å². The standard InChI is InChI=1S/C6H4Cl2O3S.Hg/c7-4-1-2-6(5(8)3-4)12(9,10)11;/h1-3H,(H,9,10,11);/q;+1/p-1. The van der Waals surface area contributed by atoms with E-state index >= 15 is 0 Å². The third-order valence-corrected chi connectivity index (χ3v) is 2.72. The van der Waals surface area contributed by atoms with Crippen molar-refractivity contribution in [3.8, 4) is 0 Å². The van der Waals surface area contributed by atoms with Crippen LogP contribution in [0.3, 0.4) is 0 Å². The quantitative estimate of drug-likeness (QED) is 0.509. The van der Waals surface area contributed by atoms with Crippen LogP contribution in [0.1, 0.15) is 0 Å². The van der Waals surface area contributed by atoms with Crippen molar-refractivity contribution >= 4 is 33.3 Å². The minimum absolute atomic E-state index is 0. The van der Waals surface area contributed by atoms with Crippen LogP contribution in [-0.4, -0.2) is 13.0 Å². The molecule has 3 nitrogen and oxygen atoms in total. The van der Waals surface area contributed by atoms with E-state index in [-0.39, 0.29) is 37.7 Å². The van der Waals surface area contributed by atoms with Crippen molar-refractivity contribution in [2.45, 2.75) is 4.90 Å². The van der Waals surface area contributed by atoms with Crippen molar-refractivity contribution in [1.82, 2.24) is 0 Å². The number of rotatable bonds is 1. The summed E-state index contributed by atoms with van der Waals surface area (Å²) in [6.45, 7) is 0.